The first-order valence-electron chi connectivity index (χ1n) is 10.3. The summed E-state index contributed by atoms with van der Waals surface area (Å²) in [6.45, 7) is 2.32. The summed E-state index contributed by atoms with van der Waals surface area (Å²) < 4.78 is 17.6. The minimum Gasteiger partial charge on any atom is -0.497 e. The van der Waals surface area contributed by atoms with Crippen LogP contribution in [0.4, 0.5) is 0 Å². The lowest BCUT2D eigenvalue weighted by molar-refractivity contribution is 0.0937. The maximum atomic E-state index is 13.4. The third-order valence-corrected chi connectivity index (χ3v) is 5.91. The first-order chi connectivity index (χ1) is 15.0. The molecule has 0 bridgehead atoms. The molecule has 0 fully saturated rings. The molecule has 7 heteroatoms. The Labute approximate surface area is 180 Å². The van der Waals surface area contributed by atoms with Crippen molar-refractivity contribution in [3.63, 3.8) is 0 Å². The molecule has 1 heterocycles. The van der Waals surface area contributed by atoms with E-state index in [1.54, 1.807) is 25.4 Å². The highest BCUT2D eigenvalue weighted by atomic mass is 16.5. The largest absolute Gasteiger partial charge is 0.497 e. The number of hydrogen-bond acceptors (Lipinski definition) is 5. The van der Waals surface area contributed by atoms with Crippen molar-refractivity contribution in [2.24, 2.45) is 0 Å². The van der Waals surface area contributed by atoms with E-state index in [0.717, 1.165) is 24.2 Å². The van der Waals surface area contributed by atoms with Crippen LogP contribution in [0, 0.1) is 0 Å². The van der Waals surface area contributed by atoms with E-state index >= 15 is 0 Å². The summed E-state index contributed by atoms with van der Waals surface area (Å²) >= 11 is 0. The summed E-state index contributed by atoms with van der Waals surface area (Å²) in [6, 6.07) is 9.17. The molecule has 0 saturated heterocycles. The Bertz CT molecular complexity index is 1210. The van der Waals surface area contributed by atoms with Crippen LogP contribution in [0.5, 0.6) is 17.2 Å². The third kappa shape index (κ3) is 3.60. The van der Waals surface area contributed by atoms with Gasteiger partial charge in [-0.15, -0.1) is 0 Å². The van der Waals surface area contributed by atoms with E-state index in [1.165, 1.54) is 24.4 Å². The van der Waals surface area contributed by atoms with E-state index in [4.69, 9.17) is 14.2 Å². The van der Waals surface area contributed by atoms with Gasteiger partial charge in [0.15, 0.2) is 11.5 Å². The maximum Gasteiger partial charge on any atom is 0.258 e. The molecule has 0 radical (unpaired) electrons. The molecule has 162 valence electrons. The fourth-order valence-corrected chi connectivity index (χ4v) is 4.23. The van der Waals surface area contributed by atoms with Crippen LogP contribution in [0.2, 0.25) is 0 Å². The Hall–Kier alpha value is -3.48. The summed E-state index contributed by atoms with van der Waals surface area (Å²) in [4.78, 5) is 26.3. The zero-order valence-electron chi connectivity index (χ0n) is 18.2. The number of methoxy groups -OCH3 is 3. The molecular weight excluding hydrogens is 396 g/mol. The number of ether oxygens (including phenoxy) is 3. The van der Waals surface area contributed by atoms with Gasteiger partial charge in [-0.25, -0.2) is 0 Å². The van der Waals surface area contributed by atoms with Crippen molar-refractivity contribution in [1.29, 1.82) is 0 Å². The van der Waals surface area contributed by atoms with Crippen LogP contribution in [0.15, 0.2) is 41.3 Å². The first kappa shape index (κ1) is 20.8. The third-order valence-electron chi connectivity index (χ3n) is 5.91. The van der Waals surface area contributed by atoms with E-state index in [0.29, 0.717) is 34.4 Å². The summed E-state index contributed by atoms with van der Waals surface area (Å²) in [6.07, 6.45) is 3.33. The Morgan fingerprint density at radius 3 is 2.42 bits per heavy atom. The van der Waals surface area contributed by atoms with Gasteiger partial charge in [0.2, 0.25) is 0 Å². The van der Waals surface area contributed by atoms with Crippen molar-refractivity contribution in [3.05, 3.63) is 63.6 Å². The summed E-state index contributed by atoms with van der Waals surface area (Å²) in [5.74, 6) is 1.44. The van der Waals surface area contributed by atoms with E-state index in [-0.39, 0.29) is 17.5 Å². The average Bonchev–Trinajstić information content (AvgIpc) is 3.20. The smallest absolute Gasteiger partial charge is 0.258 e. The second-order valence-corrected chi connectivity index (χ2v) is 7.52. The molecule has 1 amide bonds. The molecule has 1 atom stereocenters. The molecule has 31 heavy (non-hydrogen) atoms. The molecule has 1 unspecified atom stereocenters. The number of nitrogens with one attached hydrogen (secondary N) is 1. The lowest BCUT2D eigenvalue weighted by atomic mass is 10.0. The van der Waals surface area contributed by atoms with Crippen molar-refractivity contribution < 1.29 is 19.0 Å². The minimum absolute atomic E-state index is 0.116. The molecule has 1 aliphatic carbocycles. The van der Waals surface area contributed by atoms with E-state index in [9.17, 15) is 9.59 Å². The van der Waals surface area contributed by atoms with Crippen LogP contribution < -0.4 is 25.1 Å². The highest BCUT2D eigenvalue weighted by molar-refractivity contribution is 6.07. The van der Waals surface area contributed by atoms with Crippen molar-refractivity contribution in [2.75, 3.05) is 21.3 Å². The van der Waals surface area contributed by atoms with Crippen LogP contribution >= 0.6 is 0 Å². The highest BCUT2D eigenvalue weighted by Crippen LogP contribution is 2.35. The van der Waals surface area contributed by atoms with Crippen molar-refractivity contribution in [3.8, 4) is 17.2 Å². The van der Waals surface area contributed by atoms with E-state index < -0.39 is 0 Å². The number of fused-ring (bicyclic) bond motifs is 2. The average molecular weight is 422 g/mol. The zero-order chi connectivity index (χ0) is 22.1. The van der Waals surface area contributed by atoms with Crippen LogP contribution in [-0.4, -0.2) is 31.8 Å². The molecule has 0 aliphatic heterocycles. The van der Waals surface area contributed by atoms with Gasteiger partial charge in [-0.05, 0) is 55.2 Å². The molecule has 1 N–H and O–H groups in total. The summed E-state index contributed by atoms with van der Waals surface area (Å²) in [5, 5.41) is 4.10. The first-order valence-corrected chi connectivity index (χ1v) is 10.3. The molecule has 4 rings (SSSR count). The Kier molecular flexibility index (Phi) is 5.59. The van der Waals surface area contributed by atoms with Gasteiger partial charge in [0.25, 0.3) is 11.5 Å². The lowest BCUT2D eigenvalue weighted by Gasteiger charge is -2.18. The molecule has 1 aromatic heterocycles. The highest BCUT2D eigenvalue weighted by Gasteiger charge is 2.26. The number of carbonyl (C=O) groups is 1. The topological polar surface area (TPSA) is 78.8 Å². The Morgan fingerprint density at radius 1 is 1.06 bits per heavy atom. The van der Waals surface area contributed by atoms with Crippen molar-refractivity contribution >= 4 is 16.7 Å². The molecular formula is C24H26N2O5. The second kappa shape index (κ2) is 8.34. The summed E-state index contributed by atoms with van der Waals surface area (Å²) in [7, 11) is 4.68. The van der Waals surface area contributed by atoms with Crippen LogP contribution in [0.3, 0.4) is 0 Å². The van der Waals surface area contributed by atoms with Gasteiger partial charge in [-0.1, -0.05) is 6.07 Å². The normalized spacial score (nSPS) is 14.9. The quantitative estimate of drug-likeness (QED) is 0.658. The molecule has 0 saturated carbocycles. The summed E-state index contributed by atoms with van der Waals surface area (Å²) in [5.41, 5.74) is 2.53. The van der Waals surface area contributed by atoms with Crippen LogP contribution in [-0.2, 0) is 13.0 Å². The van der Waals surface area contributed by atoms with E-state index in [1.807, 2.05) is 25.1 Å². The van der Waals surface area contributed by atoms with Crippen molar-refractivity contribution in [2.45, 2.75) is 32.4 Å². The number of pyridine rings is 1. The molecule has 3 aromatic rings. The monoisotopic (exact) mass is 422 g/mol. The van der Waals surface area contributed by atoms with Gasteiger partial charge in [-0.3, -0.25) is 9.59 Å². The lowest BCUT2D eigenvalue weighted by Crippen LogP contribution is -2.30. The van der Waals surface area contributed by atoms with Gasteiger partial charge in [0, 0.05) is 18.1 Å². The fourth-order valence-electron chi connectivity index (χ4n) is 4.23. The van der Waals surface area contributed by atoms with Gasteiger partial charge in [0.05, 0.1) is 38.3 Å². The van der Waals surface area contributed by atoms with Crippen molar-refractivity contribution in [1.82, 2.24) is 9.88 Å². The SMILES string of the molecule is CCn1cc(C(=O)NC2CCc3ccc(OC)cc32)c2cc(OC)c(OC)cc2c1=O. The number of rotatable bonds is 6. The predicted octanol–water partition coefficient (Wildman–Crippen LogP) is 3.46. The predicted molar refractivity (Wildman–Crippen MR) is 119 cm³/mol. The number of carbonyl (C=O) groups excluding carboxylic acids is 1. The second-order valence-electron chi connectivity index (χ2n) is 7.52. The van der Waals surface area contributed by atoms with Gasteiger partial charge in [-0.2, -0.15) is 0 Å². The molecule has 2 aromatic carbocycles. The van der Waals surface area contributed by atoms with Crippen LogP contribution in [0.25, 0.3) is 10.8 Å². The minimum atomic E-state index is -0.236. The van der Waals surface area contributed by atoms with Crippen LogP contribution in [0.1, 0.15) is 40.9 Å². The van der Waals surface area contributed by atoms with Gasteiger partial charge in [0.1, 0.15) is 5.75 Å². The number of nitrogens with zero attached hydrogens (tertiary/aromatic N) is 1. The molecule has 7 nitrogen and oxygen atoms in total. The zero-order valence-corrected chi connectivity index (χ0v) is 18.2. The Balaban J connectivity index is 1.78. The maximum absolute atomic E-state index is 13.4. The van der Waals surface area contributed by atoms with E-state index in [2.05, 4.69) is 5.32 Å². The number of amides is 1. The number of hydrogen-bond donors (Lipinski definition) is 1. The van der Waals surface area contributed by atoms with Gasteiger partial charge < -0.3 is 24.1 Å². The molecule has 1 aliphatic rings. The van der Waals surface area contributed by atoms with Gasteiger partial charge >= 0.3 is 0 Å². The number of aromatic nitrogens is 1. The Morgan fingerprint density at radius 2 is 1.77 bits per heavy atom. The standard InChI is InChI=1S/C24H26N2O5/c1-5-26-13-19(17-11-21(30-3)22(31-4)12-18(17)24(26)28)23(27)25-20-9-7-14-6-8-15(29-2)10-16(14)20/h6,8,10-13,20H,5,7,9H2,1-4H3,(H,25,27). The number of aryl methyl sites for hydroxylation is 2. The molecule has 0 spiro atoms. The fraction of sp³-hybridized carbons (Fsp3) is 0.333. The number of benzene rings is 2.